The monoisotopic (exact) mass is 541 g/mol. The molecule has 0 bridgehead atoms. The third-order valence-corrected chi connectivity index (χ3v) is 7.66. The molecule has 0 atom stereocenters. The van der Waals surface area contributed by atoms with Gasteiger partial charge in [0.2, 0.25) is 0 Å². The number of fused-ring (bicyclic) bond motifs is 1. The molecule has 2 aromatic carbocycles. The number of anilines is 1. The number of terminal acetylenes is 1. The van der Waals surface area contributed by atoms with Crippen molar-refractivity contribution < 1.29 is 46.2 Å². The predicted octanol–water partition coefficient (Wildman–Crippen LogP) is 6.36. The molecule has 0 aliphatic carbocycles. The van der Waals surface area contributed by atoms with Crippen molar-refractivity contribution in [2.45, 2.75) is 20.8 Å². The summed E-state index contributed by atoms with van der Waals surface area (Å²) in [5.41, 5.74) is 2.60. The topological polar surface area (TPSA) is 57.6 Å². The van der Waals surface area contributed by atoms with Gasteiger partial charge in [-0.05, 0) is 24.1 Å². The fraction of sp³-hybridized carbons (Fsp3) is 0.160. The van der Waals surface area contributed by atoms with Crippen LogP contribution in [0.15, 0.2) is 60.7 Å². The van der Waals surface area contributed by atoms with E-state index in [-0.39, 0.29) is 57.3 Å². The summed E-state index contributed by atoms with van der Waals surface area (Å²) in [7, 11) is -4.01. The van der Waals surface area contributed by atoms with E-state index in [2.05, 4.69) is 5.92 Å². The number of nitrogens with zero attached hydrogens (tertiary/aromatic N) is 1. The second-order valence-electron chi connectivity index (χ2n) is 6.40. The Balaban J connectivity index is 0.00000125. The van der Waals surface area contributed by atoms with E-state index in [0.29, 0.717) is 16.1 Å². The Kier molecular flexibility index (Phi) is 10.4. The minimum atomic E-state index is -4.01. The SMILES string of the molecule is C#CCN1c2cc(-c3ccccc3)sc2C(O)=C(c2ccccc2C)S1(=O)=O.CC.[CH3-].[Y]. The van der Waals surface area contributed by atoms with Gasteiger partial charge < -0.3 is 12.5 Å². The first-order chi connectivity index (χ1) is 14.4. The van der Waals surface area contributed by atoms with Gasteiger partial charge in [0.15, 0.2) is 5.76 Å². The largest absolute Gasteiger partial charge is 0.505 e. The number of sulfonamides is 1. The maximum absolute atomic E-state index is 13.4. The van der Waals surface area contributed by atoms with Crippen LogP contribution in [0.4, 0.5) is 5.69 Å². The molecule has 2 heterocycles. The van der Waals surface area contributed by atoms with Gasteiger partial charge in [-0.1, -0.05) is 74.4 Å². The summed E-state index contributed by atoms with van der Waals surface area (Å²) in [6.07, 6.45) is 5.47. The molecule has 0 saturated carbocycles. The molecule has 1 radical (unpaired) electrons. The van der Waals surface area contributed by atoms with E-state index in [9.17, 15) is 13.5 Å². The molecule has 4 nitrogen and oxygen atoms in total. The quantitative estimate of drug-likeness (QED) is 0.310. The molecule has 0 unspecified atom stereocenters. The van der Waals surface area contributed by atoms with Crippen molar-refractivity contribution >= 4 is 37.7 Å². The first-order valence-corrected chi connectivity index (χ1v) is 11.9. The van der Waals surface area contributed by atoms with Crippen LogP contribution in [0.2, 0.25) is 0 Å². The maximum Gasteiger partial charge on any atom is 0.269 e. The molecule has 0 amide bonds. The summed E-state index contributed by atoms with van der Waals surface area (Å²) >= 11 is 1.35. The first kappa shape index (κ1) is 28.1. The number of hydrogen-bond acceptors (Lipinski definition) is 4. The second kappa shape index (κ2) is 11.8. The Bertz CT molecular complexity index is 1240. The molecular formula is C25H26NO3S2Y-. The number of rotatable bonds is 3. The summed E-state index contributed by atoms with van der Waals surface area (Å²) in [6, 6.07) is 18.5. The first-order valence-electron chi connectivity index (χ1n) is 9.60. The molecule has 7 heteroatoms. The maximum atomic E-state index is 13.4. The van der Waals surface area contributed by atoms with Crippen molar-refractivity contribution in [2.24, 2.45) is 0 Å². The molecular weight excluding hydrogens is 515 g/mol. The number of hydrogen-bond donors (Lipinski definition) is 1. The van der Waals surface area contributed by atoms with Gasteiger partial charge >= 0.3 is 0 Å². The van der Waals surface area contributed by atoms with Crippen LogP contribution >= 0.6 is 11.3 Å². The van der Waals surface area contributed by atoms with Crippen molar-refractivity contribution in [3.63, 3.8) is 0 Å². The molecule has 1 N–H and O–H groups in total. The Morgan fingerprint density at radius 3 is 2.25 bits per heavy atom. The predicted molar refractivity (Wildman–Crippen MR) is 133 cm³/mol. The normalized spacial score (nSPS) is 13.5. The van der Waals surface area contributed by atoms with Crippen molar-refractivity contribution in [1.82, 2.24) is 0 Å². The summed E-state index contributed by atoms with van der Waals surface area (Å²) in [6.45, 7) is 5.71. The zero-order valence-corrected chi connectivity index (χ0v) is 23.1. The smallest absolute Gasteiger partial charge is 0.269 e. The van der Waals surface area contributed by atoms with Gasteiger partial charge in [-0.15, -0.1) is 17.8 Å². The van der Waals surface area contributed by atoms with E-state index in [1.165, 1.54) is 15.6 Å². The third-order valence-electron chi connectivity index (χ3n) is 4.64. The fourth-order valence-corrected chi connectivity index (χ4v) is 6.25. The van der Waals surface area contributed by atoms with E-state index in [4.69, 9.17) is 6.42 Å². The number of aliphatic hydroxyl groups excluding tert-OH is 1. The average molecular weight is 542 g/mol. The Hall–Kier alpha value is -1.91. The molecule has 3 aromatic rings. The van der Waals surface area contributed by atoms with Crippen molar-refractivity contribution in [2.75, 3.05) is 10.8 Å². The van der Waals surface area contributed by atoms with E-state index in [1.807, 2.05) is 63.2 Å². The van der Waals surface area contributed by atoms with Crippen LogP contribution in [0.25, 0.3) is 21.1 Å². The molecule has 4 rings (SSSR count). The molecule has 165 valence electrons. The standard InChI is InChI=1S/C22H17NO3S2.C2H6.CH3.Y/c1-3-13-23-18-14-19(16-10-5-4-6-11-16)27-21(18)20(24)22(28(23,25)26)17-12-8-7-9-15(17)2;1-2;;/h1,4-12,14,24H,13H2,2H3;1-2H3;1H3;/q;;-1;. The van der Waals surface area contributed by atoms with Gasteiger partial charge in [-0.3, -0.25) is 4.31 Å². The van der Waals surface area contributed by atoms with Crippen LogP contribution in [0, 0.1) is 26.7 Å². The summed E-state index contributed by atoms with van der Waals surface area (Å²) in [5.74, 6) is 2.20. The van der Waals surface area contributed by atoms with Crippen molar-refractivity contribution in [3.05, 3.63) is 84.1 Å². The minimum absolute atomic E-state index is 0. The zero-order valence-electron chi connectivity index (χ0n) is 18.7. The van der Waals surface area contributed by atoms with E-state index >= 15 is 0 Å². The van der Waals surface area contributed by atoms with Crippen LogP contribution in [0.1, 0.15) is 29.9 Å². The van der Waals surface area contributed by atoms with Gasteiger partial charge in [-0.2, -0.15) is 0 Å². The molecule has 1 aliphatic rings. The third kappa shape index (κ3) is 5.02. The van der Waals surface area contributed by atoms with Crippen LogP contribution in [-0.2, 0) is 42.7 Å². The molecule has 0 fully saturated rings. The zero-order chi connectivity index (χ0) is 21.9. The van der Waals surface area contributed by atoms with Gasteiger partial charge in [0.1, 0.15) is 4.91 Å². The number of benzene rings is 2. The fourth-order valence-electron chi connectivity index (χ4n) is 3.29. The van der Waals surface area contributed by atoms with Gasteiger partial charge in [0.05, 0.1) is 17.1 Å². The number of thiophene rings is 1. The van der Waals surface area contributed by atoms with E-state index in [0.717, 1.165) is 16.0 Å². The molecule has 1 aliphatic heterocycles. The molecule has 0 spiro atoms. The van der Waals surface area contributed by atoms with Gasteiger partial charge in [-0.25, -0.2) is 8.42 Å². The number of aliphatic hydroxyl groups is 1. The minimum Gasteiger partial charge on any atom is -0.505 e. The molecule has 0 saturated heterocycles. The van der Waals surface area contributed by atoms with Crippen LogP contribution in [0.5, 0.6) is 0 Å². The number of aryl methyl sites for hydroxylation is 1. The average Bonchev–Trinajstić information content (AvgIpc) is 3.20. The van der Waals surface area contributed by atoms with E-state index < -0.39 is 10.0 Å². The van der Waals surface area contributed by atoms with Crippen LogP contribution in [-0.4, -0.2) is 20.1 Å². The van der Waals surface area contributed by atoms with Crippen LogP contribution < -0.4 is 4.31 Å². The van der Waals surface area contributed by atoms with Crippen molar-refractivity contribution in [1.29, 1.82) is 0 Å². The van der Waals surface area contributed by atoms with Crippen molar-refractivity contribution in [3.8, 4) is 22.8 Å². The summed E-state index contributed by atoms with van der Waals surface area (Å²) < 4.78 is 28.0. The van der Waals surface area contributed by atoms with Gasteiger partial charge in [0, 0.05) is 43.1 Å². The van der Waals surface area contributed by atoms with Crippen LogP contribution in [0.3, 0.4) is 0 Å². The second-order valence-corrected chi connectivity index (χ2v) is 9.25. The summed E-state index contributed by atoms with van der Waals surface area (Å²) in [5, 5.41) is 11.0. The Morgan fingerprint density at radius 1 is 1.06 bits per heavy atom. The molecule has 1 aromatic heterocycles. The Morgan fingerprint density at radius 2 is 1.66 bits per heavy atom. The molecule has 32 heavy (non-hydrogen) atoms. The summed E-state index contributed by atoms with van der Waals surface area (Å²) in [4.78, 5) is 1.26. The Labute approximate surface area is 220 Å². The van der Waals surface area contributed by atoms with E-state index in [1.54, 1.807) is 18.2 Å². The van der Waals surface area contributed by atoms with Gasteiger partial charge in [0.25, 0.3) is 10.0 Å².